The molecule has 1 fully saturated rings. The lowest BCUT2D eigenvalue weighted by Gasteiger charge is -2.32. The van der Waals surface area contributed by atoms with Gasteiger partial charge in [0.25, 0.3) is 5.91 Å². The Labute approximate surface area is 129 Å². The summed E-state index contributed by atoms with van der Waals surface area (Å²) >= 11 is 1.49. The van der Waals surface area contributed by atoms with Gasteiger partial charge in [0.05, 0.1) is 4.91 Å². The van der Waals surface area contributed by atoms with E-state index in [4.69, 9.17) is 0 Å². The van der Waals surface area contributed by atoms with Crippen LogP contribution in [0, 0.1) is 6.92 Å². The standard InChI is InChI=1S/C16H19N3OS/c1-12-3-5-13(6-4-12)11-14-15(20)17-16(21-14)19-9-7-18(2)8-10-19/h3-6,11H,7-10H2,1-2H3/b14-11-. The number of carbonyl (C=O) groups excluding carboxylic acids is 1. The molecule has 1 amide bonds. The van der Waals surface area contributed by atoms with Crippen molar-refractivity contribution in [2.45, 2.75) is 6.92 Å². The maximum Gasteiger partial charge on any atom is 0.286 e. The van der Waals surface area contributed by atoms with Gasteiger partial charge in [-0.2, -0.15) is 4.99 Å². The number of hydrogen-bond acceptors (Lipinski definition) is 4. The molecule has 2 aliphatic heterocycles. The van der Waals surface area contributed by atoms with Gasteiger partial charge in [-0.1, -0.05) is 29.8 Å². The van der Waals surface area contributed by atoms with E-state index >= 15 is 0 Å². The fraction of sp³-hybridized carbons (Fsp3) is 0.375. The van der Waals surface area contributed by atoms with Crippen LogP contribution in [0.3, 0.4) is 0 Å². The number of hydrogen-bond donors (Lipinski definition) is 0. The average molecular weight is 301 g/mol. The number of thioether (sulfide) groups is 1. The summed E-state index contributed by atoms with van der Waals surface area (Å²) in [6.07, 6.45) is 1.93. The zero-order valence-corrected chi connectivity index (χ0v) is 13.2. The van der Waals surface area contributed by atoms with Crippen LogP contribution in [0.15, 0.2) is 34.2 Å². The second kappa shape index (κ2) is 6.03. The molecule has 0 aromatic heterocycles. The summed E-state index contributed by atoms with van der Waals surface area (Å²) in [6.45, 7) is 5.97. The highest BCUT2D eigenvalue weighted by atomic mass is 32.2. The highest BCUT2D eigenvalue weighted by molar-refractivity contribution is 8.18. The molecule has 0 spiro atoms. The first-order valence-electron chi connectivity index (χ1n) is 7.14. The number of amides is 1. The molecule has 2 aliphatic rings. The fourth-order valence-electron chi connectivity index (χ4n) is 2.35. The van der Waals surface area contributed by atoms with E-state index in [-0.39, 0.29) is 5.91 Å². The van der Waals surface area contributed by atoms with Gasteiger partial charge in [-0.05, 0) is 37.4 Å². The van der Waals surface area contributed by atoms with Crippen molar-refractivity contribution < 1.29 is 4.79 Å². The lowest BCUT2D eigenvalue weighted by atomic mass is 10.1. The highest BCUT2D eigenvalue weighted by Gasteiger charge is 2.27. The second-order valence-corrected chi connectivity index (χ2v) is 6.52. The molecular formula is C16H19N3OS. The van der Waals surface area contributed by atoms with Crippen LogP contribution in [0.5, 0.6) is 0 Å². The molecular weight excluding hydrogens is 282 g/mol. The SMILES string of the molecule is Cc1ccc(/C=C2\SC(N3CCN(C)CC3)=NC2=O)cc1. The van der Waals surface area contributed by atoms with E-state index in [9.17, 15) is 4.79 Å². The summed E-state index contributed by atoms with van der Waals surface area (Å²) in [6, 6.07) is 8.17. The predicted molar refractivity (Wildman–Crippen MR) is 88.3 cm³/mol. The number of piperazine rings is 1. The van der Waals surface area contributed by atoms with Crippen molar-refractivity contribution in [1.29, 1.82) is 0 Å². The monoisotopic (exact) mass is 301 g/mol. The van der Waals surface area contributed by atoms with E-state index < -0.39 is 0 Å². The molecule has 1 saturated heterocycles. The highest BCUT2D eigenvalue weighted by Crippen LogP contribution is 2.30. The molecule has 3 rings (SSSR count). The van der Waals surface area contributed by atoms with Crippen LogP contribution < -0.4 is 0 Å². The first-order chi connectivity index (χ1) is 10.1. The number of nitrogens with zero attached hydrogens (tertiary/aromatic N) is 3. The number of rotatable bonds is 1. The minimum absolute atomic E-state index is 0.116. The maximum atomic E-state index is 12.0. The van der Waals surface area contributed by atoms with Crippen LogP contribution in [0.2, 0.25) is 0 Å². The summed E-state index contributed by atoms with van der Waals surface area (Å²) < 4.78 is 0. The maximum absolute atomic E-state index is 12.0. The van der Waals surface area contributed by atoms with Gasteiger partial charge >= 0.3 is 0 Å². The lowest BCUT2D eigenvalue weighted by Crippen LogP contribution is -2.46. The van der Waals surface area contributed by atoms with Crippen LogP contribution in [0.25, 0.3) is 6.08 Å². The molecule has 0 unspecified atom stereocenters. The Balaban J connectivity index is 1.71. The van der Waals surface area contributed by atoms with E-state index in [1.165, 1.54) is 17.3 Å². The summed E-state index contributed by atoms with van der Waals surface area (Å²) in [5.41, 5.74) is 2.27. The molecule has 1 aromatic rings. The largest absolute Gasteiger partial charge is 0.348 e. The van der Waals surface area contributed by atoms with Gasteiger partial charge in [0.1, 0.15) is 0 Å². The van der Waals surface area contributed by atoms with Crippen molar-refractivity contribution in [3.8, 4) is 0 Å². The first-order valence-corrected chi connectivity index (χ1v) is 7.96. The molecule has 0 N–H and O–H groups in total. The zero-order valence-electron chi connectivity index (χ0n) is 12.4. The number of benzene rings is 1. The molecule has 0 saturated carbocycles. The van der Waals surface area contributed by atoms with Crippen molar-refractivity contribution >= 4 is 28.9 Å². The van der Waals surface area contributed by atoms with Gasteiger partial charge in [0.2, 0.25) is 0 Å². The predicted octanol–water partition coefficient (Wildman–Crippen LogP) is 2.21. The Morgan fingerprint density at radius 1 is 1.14 bits per heavy atom. The van der Waals surface area contributed by atoms with Crippen molar-refractivity contribution in [2.24, 2.45) is 4.99 Å². The smallest absolute Gasteiger partial charge is 0.286 e. The third kappa shape index (κ3) is 3.36. The Kier molecular flexibility index (Phi) is 4.12. The van der Waals surface area contributed by atoms with E-state index in [0.717, 1.165) is 36.9 Å². The summed E-state index contributed by atoms with van der Waals surface area (Å²) in [5, 5.41) is 0.853. The molecule has 0 atom stereocenters. The van der Waals surface area contributed by atoms with E-state index in [0.29, 0.717) is 4.91 Å². The Bertz CT molecular complexity index is 598. The summed E-state index contributed by atoms with van der Waals surface area (Å²) in [7, 11) is 2.12. The molecule has 0 radical (unpaired) electrons. The van der Waals surface area contributed by atoms with Crippen molar-refractivity contribution in [2.75, 3.05) is 33.2 Å². The van der Waals surface area contributed by atoms with Crippen LogP contribution >= 0.6 is 11.8 Å². The molecule has 110 valence electrons. The number of amidine groups is 1. The second-order valence-electron chi connectivity index (χ2n) is 5.51. The Hall–Kier alpha value is -1.59. The third-order valence-corrected chi connectivity index (χ3v) is 4.80. The summed E-state index contributed by atoms with van der Waals surface area (Å²) in [5.74, 6) is -0.116. The molecule has 2 heterocycles. The van der Waals surface area contributed by atoms with Crippen LogP contribution in [-0.4, -0.2) is 54.1 Å². The van der Waals surface area contributed by atoms with E-state index in [2.05, 4.69) is 40.9 Å². The van der Waals surface area contributed by atoms with Crippen LogP contribution in [-0.2, 0) is 4.79 Å². The lowest BCUT2D eigenvalue weighted by molar-refractivity contribution is -0.113. The van der Waals surface area contributed by atoms with Crippen LogP contribution in [0.4, 0.5) is 0 Å². The summed E-state index contributed by atoms with van der Waals surface area (Å²) in [4.78, 5) is 21.5. The number of aliphatic imine (C=N–C) groups is 1. The van der Waals surface area contributed by atoms with E-state index in [1.54, 1.807) is 0 Å². The average Bonchev–Trinajstić information content (AvgIpc) is 2.83. The van der Waals surface area contributed by atoms with Gasteiger partial charge in [-0.3, -0.25) is 4.79 Å². The number of carbonyl (C=O) groups is 1. The molecule has 1 aromatic carbocycles. The molecule has 5 heteroatoms. The molecule has 0 aliphatic carbocycles. The first kappa shape index (κ1) is 14.4. The number of likely N-dealkylation sites (N-methyl/N-ethyl adjacent to an activating group) is 1. The van der Waals surface area contributed by atoms with Crippen molar-refractivity contribution in [1.82, 2.24) is 9.80 Å². The van der Waals surface area contributed by atoms with Crippen molar-refractivity contribution in [3.63, 3.8) is 0 Å². The van der Waals surface area contributed by atoms with Crippen LogP contribution in [0.1, 0.15) is 11.1 Å². The molecule has 4 nitrogen and oxygen atoms in total. The molecule has 21 heavy (non-hydrogen) atoms. The van der Waals surface area contributed by atoms with Gasteiger partial charge in [-0.25, -0.2) is 0 Å². The normalized spacial score (nSPS) is 22.0. The third-order valence-electron chi connectivity index (χ3n) is 3.76. The topological polar surface area (TPSA) is 35.9 Å². The molecule has 0 bridgehead atoms. The van der Waals surface area contributed by atoms with Gasteiger partial charge in [-0.15, -0.1) is 0 Å². The van der Waals surface area contributed by atoms with Crippen molar-refractivity contribution in [3.05, 3.63) is 40.3 Å². The van der Waals surface area contributed by atoms with Gasteiger partial charge < -0.3 is 9.80 Å². The zero-order chi connectivity index (χ0) is 14.8. The minimum Gasteiger partial charge on any atom is -0.348 e. The quantitative estimate of drug-likeness (QED) is 0.745. The van der Waals surface area contributed by atoms with Gasteiger partial charge in [0, 0.05) is 26.2 Å². The fourth-order valence-corrected chi connectivity index (χ4v) is 3.31. The minimum atomic E-state index is -0.116. The Morgan fingerprint density at radius 2 is 1.81 bits per heavy atom. The Morgan fingerprint density at radius 3 is 2.48 bits per heavy atom. The number of aryl methyl sites for hydroxylation is 1. The van der Waals surface area contributed by atoms with Gasteiger partial charge in [0.15, 0.2) is 5.17 Å². The van der Waals surface area contributed by atoms with E-state index in [1.807, 2.05) is 18.2 Å².